The van der Waals surface area contributed by atoms with Crippen molar-refractivity contribution >= 4 is 29.3 Å². The molecule has 2 unspecified atom stereocenters. The summed E-state index contributed by atoms with van der Waals surface area (Å²) in [5, 5.41) is 0.653. The van der Waals surface area contributed by atoms with Crippen LogP contribution in [0.15, 0.2) is 18.3 Å². The Labute approximate surface area is 165 Å². The van der Waals surface area contributed by atoms with Crippen molar-refractivity contribution in [2.75, 3.05) is 40.9 Å². The molecule has 2 atom stereocenters. The van der Waals surface area contributed by atoms with Crippen molar-refractivity contribution in [1.82, 2.24) is 15.0 Å². The van der Waals surface area contributed by atoms with E-state index in [0.29, 0.717) is 28.5 Å². The van der Waals surface area contributed by atoms with Crippen LogP contribution in [-0.4, -0.2) is 58.2 Å². The maximum Gasteiger partial charge on any atom is 0.387 e. The third kappa shape index (κ3) is 3.19. The van der Waals surface area contributed by atoms with Gasteiger partial charge in [0.2, 0.25) is 5.95 Å². The first kappa shape index (κ1) is 17.7. The Bertz CT molecular complexity index is 896. The molecule has 3 fully saturated rings. The highest BCUT2D eigenvalue weighted by Gasteiger charge is 2.39. The molecule has 0 radical (unpaired) electrons. The average Bonchev–Trinajstić information content (AvgIpc) is 3.25. The summed E-state index contributed by atoms with van der Waals surface area (Å²) in [7, 11) is 0. The topological polar surface area (TPSA) is 80.4 Å². The molecule has 5 heterocycles. The molecule has 28 heavy (non-hydrogen) atoms. The fraction of sp³-hybridized carbons (Fsp3) is 0.500. The number of anilines is 3. The molecular formula is C18H20F2N6OS. The van der Waals surface area contributed by atoms with Gasteiger partial charge in [0.1, 0.15) is 5.82 Å². The zero-order valence-corrected chi connectivity index (χ0v) is 15.9. The van der Waals surface area contributed by atoms with Crippen molar-refractivity contribution in [1.29, 1.82) is 0 Å². The maximum absolute atomic E-state index is 12.7. The minimum Gasteiger partial charge on any atom is -0.431 e. The zero-order valence-electron chi connectivity index (χ0n) is 15.1. The van der Waals surface area contributed by atoms with Gasteiger partial charge in [-0.2, -0.15) is 25.5 Å². The van der Waals surface area contributed by atoms with Gasteiger partial charge in [0, 0.05) is 54.5 Å². The van der Waals surface area contributed by atoms with Gasteiger partial charge >= 0.3 is 6.61 Å². The zero-order chi connectivity index (χ0) is 19.3. The molecule has 3 saturated heterocycles. The number of ether oxygens (including phenoxy) is 1. The molecule has 0 aromatic carbocycles. The Morgan fingerprint density at radius 2 is 2.11 bits per heavy atom. The van der Waals surface area contributed by atoms with E-state index in [1.807, 2.05) is 17.8 Å². The monoisotopic (exact) mass is 406 g/mol. The van der Waals surface area contributed by atoms with Crippen LogP contribution in [0.5, 0.6) is 5.75 Å². The lowest BCUT2D eigenvalue weighted by Crippen LogP contribution is -2.39. The lowest BCUT2D eigenvalue weighted by atomic mass is 10.1. The van der Waals surface area contributed by atoms with Crippen LogP contribution in [0.2, 0.25) is 0 Å². The Morgan fingerprint density at radius 3 is 2.75 bits per heavy atom. The van der Waals surface area contributed by atoms with E-state index in [4.69, 9.17) is 10.7 Å². The number of halogens is 2. The molecule has 0 spiro atoms. The summed E-state index contributed by atoms with van der Waals surface area (Å²) >= 11 is 2.02. The number of nitrogens with two attached hydrogens (primary N) is 1. The lowest BCUT2D eigenvalue weighted by molar-refractivity contribution is -0.0494. The molecule has 2 aromatic rings. The molecule has 3 aliphatic heterocycles. The van der Waals surface area contributed by atoms with Gasteiger partial charge in [0.05, 0.1) is 5.69 Å². The third-order valence-corrected chi connectivity index (χ3v) is 6.82. The third-order valence-electron chi connectivity index (χ3n) is 5.43. The molecule has 0 amide bonds. The van der Waals surface area contributed by atoms with Gasteiger partial charge in [-0.05, 0) is 18.9 Å². The van der Waals surface area contributed by atoms with Crippen molar-refractivity contribution in [2.45, 2.75) is 30.7 Å². The standard InChI is InChI=1S/C18H20F2N6OS/c19-17(20)27-14-4-10(7-22-16(14)21)13-6-15(24-18(23-13)25-2-1-3-25)26-8-12-5-11(26)9-28-12/h4,6-7,11-12,17H,1-3,5,8-9H2,(H2,21,22). The molecule has 7 nitrogen and oxygen atoms in total. The van der Waals surface area contributed by atoms with E-state index < -0.39 is 6.61 Å². The van der Waals surface area contributed by atoms with Gasteiger partial charge in [0.25, 0.3) is 0 Å². The van der Waals surface area contributed by atoms with E-state index in [0.717, 1.165) is 37.6 Å². The van der Waals surface area contributed by atoms with Crippen LogP contribution in [0, 0.1) is 0 Å². The van der Waals surface area contributed by atoms with E-state index in [-0.39, 0.29) is 11.6 Å². The normalized spacial score (nSPS) is 23.4. The number of rotatable bonds is 5. The summed E-state index contributed by atoms with van der Waals surface area (Å²) in [4.78, 5) is 18.0. The summed E-state index contributed by atoms with van der Waals surface area (Å²) in [5.41, 5.74) is 6.89. The Balaban J connectivity index is 1.54. The van der Waals surface area contributed by atoms with Crippen molar-refractivity contribution < 1.29 is 13.5 Å². The van der Waals surface area contributed by atoms with Gasteiger partial charge in [0.15, 0.2) is 11.6 Å². The first-order valence-corrected chi connectivity index (χ1v) is 10.3. The van der Waals surface area contributed by atoms with Crippen LogP contribution in [0.1, 0.15) is 12.8 Å². The van der Waals surface area contributed by atoms with Crippen molar-refractivity contribution in [3.63, 3.8) is 0 Å². The highest BCUT2D eigenvalue weighted by Crippen LogP contribution is 2.41. The summed E-state index contributed by atoms with van der Waals surface area (Å²) < 4.78 is 29.8. The summed E-state index contributed by atoms with van der Waals surface area (Å²) in [5.74, 6) is 2.44. The second-order valence-electron chi connectivity index (χ2n) is 7.24. The van der Waals surface area contributed by atoms with Crippen LogP contribution in [0.25, 0.3) is 11.3 Å². The second kappa shape index (κ2) is 6.91. The van der Waals surface area contributed by atoms with Crippen molar-refractivity contribution in [2.24, 2.45) is 0 Å². The summed E-state index contributed by atoms with van der Waals surface area (Å²) in [6.07, 6.45) is 3.83. The molecule has 0 aliphatic carbocycles. The van der Waals surface area contributed by atoms with E-state index >= 15 is 0 Å². The van der Waals surface area contributed by atoms with Gasteiger partial charge in [-0.25, -0.2) is 9.97 Å². The largest absolute Gasteiger partial charge is 0.431 e. The van der Waals surface area contributed by atoms with Crippen molar-refractivity contribution in [3.05, 3.63) is 18.3 Å². The molecular weight excluding hydrogens is 386 g/mol. The number of nitrogen functional groups attached to an aromatic ring is 1. The number of alkyl halides is 2. The molecule has 3 aliphatic rings. The molecule has 148 valence electrons. The molecule has 2 aromatic heterocycles. The van der Waals surface area contributed by atoms with E-state index in [2.05, 4.69) is 24.5 Å². The average molecular weight is 406 g/mol. The Kier molecular flexibility index (Phi) is 4.37. The highest BCUT2D eigenvalue weighted by atomic mass is 32.2. The summed E-state index contributed by atoms with van der Waals surface area (Å²) in [6, 6.07) is 3.87. The number of pyridine rings is 1. The van der Waals surface area contributed by atoms with Gasteiger partial charge < -0.3 is 20.3 Å². The number of aromatic nitrogens is 3. The Morgan fingerprint density at radius 1 is 1.25 bits per heavy atom. The highest BCUT2D eigenvalue weighted by molar-refractivity contribution is 8.00. The van der Waals surface area contributed by atoms with E-state index in [1.165, 1.54) is 18.7 Å². The smallest absolute Gasteiger partial charge is 0.387 e. The van der Waals surface area contributed by atoms with Crippen LogP contribution in [0.4, 0.5) is 26.4 Å². The number of fused-ring (bicyclic) bond motifs is 2. The molecule has 0 saturated carbocycles. The Hall–Kier alpha value is -2.36. The minimum absolute atomic E-state index is 0.0739. The molecule has 2 N–H and O–H groups in total. The SMILES string of the molecule is Nc1ncc(-c2cc(N3CC4CC3CS4)nc(N3CCC3)n2)cc1OC(F)F. The maximum atomic E-state index is 12.7. The quantitative estimate of drug-likeness (QED) is 0.812. The van der Waals surface area contributed by atoms with Crippen LogP contribution in [-0.2, 0) is 0 Å². The lowest BCUT2D eigenvalue weighted by Gasteiger charge is -2.33. The fourth-order valence-corrected chi connectivity index (χ4v) is 5.28. The fourth-order valence-electron chi connectivity index (χ4n) is 3.84. The number of hydrogen-bond donors (Lipinski definition) is 1. The van der Waals surface area contributed by atoms with Gasteiger partial charge in [-0.1, -0.05) is 0 Å². The molecule has 5 rings (SSSR count). The number of nitrogens with zero attached hydrogens (tertiary/aromatic N) is 5. The van der Waals surface area contributed by atoms with Crippen LogP contribution >= 0.6 is 11.8 Å². The van der Waals surface area contributed by atoms with Crippen molar-refractivity contribution in [3.8, 4) is 17.0 Å². The number of thioether (sulfide) groups is 1. The minimum atomic E-state index is -2.96. The van der Waals surface area contributed by atoms with E-state index in [9.17, 15) is 8.78 Å². The first-order valence-electron chi connectivity index (χ1n) is 9.30. The van der Waals surface area contributed by atoms with E-state index in [1.54, 1.807) is 0 Å². The predicted octanol–water partition coefficient (Wildman–Crippen LogP) is 2.63. The number of hydrogen-bond acceptors (Lipinski definition) is 8. The molecule has 2 bridgehead atoms. The first-order chi connectivity index (χ1) is 13.6. The van der Waals surface area contributed by atoms with Gasteiger partial charge in [-0.15, -0.1) is 0 Å². The van der Waals surface area contributed by atoms with Crippen LogP contribution < -0.4 is 20.3 Å². The second-order valence-corrected chi connectivity index (χ2v) is 8.57. The summed E-state index contributed by atoms with van der Waals surface area (Å²) in [6.45, 7) is -0.144. The molecule has 10 heteroatoms. The van der Waals surface area contributed by atoms with Crippen LogP contribution in [0.3, 0.4) is 0 Å². The van der Waals surface area contributed by atoms with Gasteiger partial charge in [-0.3, -0.25) is 0 Å². The predicted molar refractivity (Wildman–Crippen MR) is 105 cm³/mol.